The van der Waals surface area contributed by atoms with Crippen LogP contribution in [-0.4, -0.2) is 31.6 Å². The van der Waals surface area contributed by atoms with Gasteiger partial charge in [0, 0.05) is 6.04 Å². The van der Waals surface area contributed by atoms with Crippen LogP contribution in [0.15, 0.2) is 24.3 Å². The molecule has 5 heteroatoms. The Balaban J connectivity index is 2.53. The smallest absolute Gasteiger partial charge is 0.342 e. The minimum absolute atomic E-state index is 0.0347. The molecule has 0 fully saturated rings. The maximum Gasteiger partial charge on any atom is 0.342 e. The van der Waals surface area contributed by atoms with E-state index in [2.05, 4.69) is 5.32 Å². The summed E-state index contributed by atoms with van der Waals surface area (Å²) in [5.41, 5.74) is 0.305. The molecule has 1 aromatic carbocycles. The van der Waals surface area contributed by atoms with Crippen LogP contribution in [0, 0.1) is 5.92 Å². The van der Waals surface area contributed by atoms with Gasteiger partial charge in [-0.05, 0) is 25.0 Å². The Labute approximate surface area is 119 Å². The summed E-state index contributed by atoms with van der Waals surface area (Å²) in [5, 5.41) is 2.77. The molecular formula is C15H21NO4. The lowest BCUT2D eigenvalue weighted by molar-refractivity contribution is -0.125. The van der Waals surface area contributed by atoms with Gasteiger partial charge in [0.05, 0.1) is 7.11 Å². The summed E-state index contributed by atoms with van der Waals surface area (Å²) in [7, 11) is 1.48. The standard InChI is InChI=1S/C15H21NO4/c1-10(2)11(3)16-14(17)9-20-15(18)12-7-5-6-8-13(12)19-4/h5-8,10-11H,9H2,1-4H3,(H,16,17)/t11-/m0/s1. The third kappa shape index (κ3) is 4.57. The summed E-state index contributed by atoms with van der Waals surface area (Å²) in [5.74, 6) is -0.137. The van der Waals surface area contributed by atoms with E-state index in [9.17, 15) is 9.59 Å². The van der Waals surface area contributed by atoms with Crippen molar-refractivity contribution in [1.82, 2.24) is 5.32 Å². The van der Waals surface area contributed by atoms with E-state index >= 15 is 0 Å². The fraction of sp³-hybridized carbons (Fsp3) is 0.467. The van der Waals surface area contributed by atoms with Gasteiger partial charge in [0.25, 0.3) is 5.91 Å². The predicted octanol–water partition coefficient (Wildman–Crippen LogP) is 2.01. The molecule has 1 rings (SSSR count). The second kappa shape index (κ2) is 7.53. The molecule has 0 saturated heterocycles. The number of esters is 1. The first kappa shape index (κ1) is 16.0. The first-order chi connectivity index (χ1) is 9.45. The van der Waals surface area contributed by atoms with Gasteiger partial charge in [-0.2, -0.15) is 0 Å². The molecule has 0 unspecified atom stereocenters. The Kier molecular flexibility index (Phi) is 6.03. The number of benzene rings is 1. The zero-order valence-corrected chi connectivity index (χ0v) is 12.3. The fourth-order valence-corrected chi connectivity index (χ4v) is 1.48. The van der Waals surface area contributed by atoms with Gasteiger partial charge in [-0.3, -0.25) is 4.79 Å². The first-order valence-corrected chi connectivity index (χ1v) is 6.55. The molecule has 0 radical (unpaired) electrons. The molecule has 1 amide bonds. The Bertz CT molecular complexity index is 471. The molecule has 0 heterocycles. The van der Waals surface area contributed by atoms with Crippen molar-refractivity contribution in [3.63, 3.8) is 0 Å². The van der Waals surface area contributed by atoms with E-state index in [1.807, 2.05) is 20.8 Å². The molecule has 110 valence electrons. The van der Waals surface area contributed by atoms with Gasteiger partial charge in [0.15, 0.2) is 6.61 Å². The molecule has 5 nitrogen and oxygen atoms in total. The van der Waals surface area contributed by atoms with Crippen LogP contribution in [0.2, 0.25) is 0 Å². The van der Waals surface area contributed by atoms with Gasteiger partial charge in [-0.1, -0.05) is 26.0 Å². The number of methoxy groups -OCH3 is 1. The summed E-state index contributed by atoms with van der Waals surface area (Å²) in [6.45, 7) is 5.62. The minimum atomic E-state index is -0.574. The van der Waals surface area contributed by atoms with Crippen molar-refractivity contribution >= 4 is 11.9 Å². The Hall–Kier alpha value is -2.04. The van der Waals surface area contributed by atoms with E-state index in [0.29, 0.717) is 17.2 Å². The minimum Gasteiger partial charge on any atom is -0.496 e. The molecule has 0 saturated carbocycles. The summed E-state index contributed by atoms with van der Waals surface area (Å²) in [6, 6.07) is 6.76. The van der Waals surface area contributed by atoms with E-state index < -0.39 is 5.97 Å². The highest BCUT2D eigenvalue weighted by Gasteiger charge is 2.16. The molecule has 0 spiro atoms. The van der Waals surface area contributed by atoms with Crippen LogP contribution in [0.1, 0.15) is 31.1 Å². The lowest BCUT2D eigenvalue weighted by Crippen LogP contribution is -2.38. The van der Waals surface area contributed by atoms with Crippen LogP contribution >= 0.6 is 0 Å². The third-order valence-electron chi connectivity index (χ3n) is 3.05. The van der Waals surface area contributed by atoms with Crippen molar-refractivity contribution in [3.8, 4) is 5.75 Å². The zero-order valence-electron chi connectivity index (χ0n) is 12.3. The monoisotopic (exact) mass is 279 g/mol. The number of hydrogen-bond donors (Lipinski definition) is 1. The summed E-state index contributed by atoms with van der Waals surface area (Å²) in [4.78, 5) is 23.5. The van der Waals surface area contributed by atoms with E-state index in [1.165, 1.54) is 7.11 Å². The molecular weight excluding hydrogens is 258 g/mol. The average molecular weight is 279 g/mol. The molecule has 1 aromatic rings. The molecule has 1 atom stereocenters. The Morgan fingerprint density at radius 2 is 1.85 bits per heavy atom. The number of rotatable bonds is 6. The topological polar surface area (TPSA) is 64.6 Å². The summed E-state index contributed by atoms with van der Waals surface area (Å²) < 4.78 is 10.0. The van der Waals surface area contributed by atoms with Gasteiger partial charge in [0.2, 0.25) is 0 Å². The lowest BCUT2D eigenvalue weighted by Gasteiger charge is -2.17. The van der Waals surface area contributed by atoms with Gasteiger partial charge in [-0.15, -0.1) is 0 Å². The van der Waals surface area contributed by atoms with Crippen LogP contribution in [0.4, 0.5) is 0 Å². The quantitative estimate of drug-likeness (QED) is 0.809. The van der Waals surface area contributed by atoms with Crippen LogP contribution in [0.25, 0.3) is 0 Å². The lowest BCUT2D eigenvalue weighted by atomic mass is 10.1. The molecule has 0 aliphatic heterocycles. The molecule has 0 aliphatic rings. The molecule has 1 N–H and O–H groups in total. The van der Waals surface area contributed by atoms with Crippen LogP contribution < -0.4 is 10.1 Å². The maximum atomic E-state index is 11.9. The average Bonchev–Trinajstić information content (AvgIpc) is 2.44. The predicted molar refractivity (Wildman–Crippen MR) is 75.7 cm³/mol. The first-order valence-electron chi connectivity index (χ1n) is 6.55. The van der Waals surface area contributed by atoms with Crippen LogP contribution in [0.5, 0.6) is 5.75 Å². The number of para-hydroxylation sites is 1. The van der Waals surface area contributed by atoms with E-state index in [0.717, 1.165) is 0 Å². The second-order valence-corrected chi connectivity index (χ2v) is 4.88. The number of carbonyl (C=O) groups excluding carboxylic acids is 2. The third-order valence-corrected chi connectivity index (χ3v) is 3.05. The highest BCUT2D eigenvalue weighted by molar-refractivity contribution is 5.93. The van der Waals surface area contributed by atoms with Gasteiger partial charge < -0.3 is 14.8 Å². The molecule has 0 bridgehead atoms. The fourth-order valence-electron chi connectivity index (χ4n) is 1.48. The molecule has 0 aromatic heterocycles. The highest BCUT2D eigenvalue weighted by Crippen LogP contribution is 2.17. The largest absolute Gasteiger partial charge is 0.496 e. The van der Waals surface area contributed by atoms with Crippen molar-refractivity contribution in [2.75, 3.05) is 13.7 Å². The van der Waals surface area contributed by atoms with E-state index in [1.54, 1.807) is 24.3 Å². The number of amides is 1. The van der Waals surface area contributed by atoms with Crippen LogP contribution in [0.3, 0.4) is 0 Å². The van der Waals surface area contributed by atoms with Crippen molar-refractivity contribution in [1.29, 1.82) is 0 Å². The van der Waals surface area contributed by atoms with Gasteiger partial charge >= 0.3 is 5.97 Å². The summed E-state index contributed by atoms with van der Waals surface area (Å²) >= 11 is 0. The number of hydrogen-bond acceptors (Lipinski definition) is 4. The van der Waals surface area contributed by atoms with Crippen molar-refractivity contribution < 1.29 is 19.1 Å². The highest BCUT2D eigenvalue weighted by atomic mass is 16.5. The molecule has 0 aliphatic carbocycles. The Morgan fingerprint density at radius 1 is 1.20 bits per heavy atom. The van der Waals surface area contributed by atoms with E-state index in [-0.39, 0.29) is 18.6 Å². The maximum absolute atomic E-state index is 11.9. The van der Waals surface area contributed by atoms with Crippen LogP contribution in [-0.2, 0) is 9.53 Å². The zero-order chi connectivity index (χ0) is 15.1. The number of ether oxygens (including phenoxy) is 2. The van der Waals surface area contributed by atoms with Crippen molar-refractivity contribution in [2.24, 2.45) is 5.92 Å². The number of nitrogens with one attached hydrogen (secondary N) is 1. The van der Waals surface area contributed by atoms with Gasteiger partial charge in [0.1, 0.15) is 11.3 Å². The summed E-state index contributed by atoms with van der Waals surface area (Å²) in [6.07, 6.45) is 0. The van der Waals surface area contributed by atoms with E-state index in [4.69, 9.17) is 9.47 Å². The molecule has 20 heavy (non-hydrogen) atoms. The SMILES string of the molecule is COc1ccccc1C(=O)OCC(=O)N[C@@H](C)C(C)C. The second-order valence-electron chi connectivity index (χ2n) is 4.88. The number of carbonyl (C=O) groups is 2. The van der Waals surface area contributed by atoms with Crippen molar-refractivity contribution in [2.45, 2.75) is 26.8 Å². The Morgan fingerprint density at radius 3 is 2.45 bits per heavy atom. The normalized spacial score (nSPS) is 11.8. The van der Waals surface area contributed by atoms with Gasteiger partial charge in [-0.25, -0.2) is 4.79 Å². The van der Waals surface area contributed by atoms with Crippen molar-refractivity contribution in [3.05, 3.63) is 29.8 Å².